The Balaban J connectivity index is 1.82. The van der Waals surface area contributed by atoms with E-state index in [-0.39, 0.29) is 11.8 Å². The molecule has 5 nitrogen and oxygen atoms in total. The largest absolute Gasteiger partial charge is 0.365 e. The van der Waals surface area contributed by atoms with Gasteiger partial charge >= 0.3 is 0 Å². The van der Waals surface area contributed by atoms with Gasteiger partial charge in [-0.3, -0.25) is 0 Å². The van der Waals surface area contributed by atoms with Crippen molar-refractivity contribution in [1.82, 2.24) is 0 Å². The highest BCUT2D eigenvalue weighted by Crippen LogP contribution is 2.60. The highest BCUT2D eigenvalue weighted by atomic mass is 17.3. The minimum absolute atomic E-state index is 0.00351. The minimum Gasteiger partial charge on any atom is -0.365 e. The van der Waals surface area contributed by atoms with E-state index in [9.17, 15) is 5.11 Å². The van der Waals surface area contributed by atoms with Crippen LogP contribution in [0.15, 0.2) is 0 Å². The molecule has 20 heavy (non-hydrogen) atoms. The van der Waals surface area contributed by atoms with E-state index in [1.807, 2.05) is 13.8 Å². The highest BCUT2D eigenvalue weighted by molar-refractivity contribution is 5.09. The van der Waals surface area contributed by atoms with Gasteiger partial charge in [0.05, 0.1) is 0 Å². The van der Waals surface area contributed by atoms with Crippen LogP contribution in [0.3, 0.4) is 0 Å². The fourth-order valence-electron chi connectivity index (χ4n) is 4.73. The molecule has 0 radical (unpaired) electrons. The highest BCUT2D eigenvalue weighted by Gasteiger charge is 2.69. The third-order valence-corrected chi connectivity index (χ3v) is 6.11. The number of rotatable bonds is 0. The molecule has 1 spiro atoms. The summed E-state index contributed by atoms with van der Waals surface area (Å²) in [4.78, 5) is 11.6. The average Bonchev–Trinajstić information content (AvgIpc) is 2.61. The Kier molecular flexibility index (Phi) is 2.66. The standard InChI is InChI=1S/C15H24O5/c1-9-11-6-4-5-10-7-8-13(2)17-12(18-14(9,3)16)15(10,11)20-19-13/h9-12,16H,4-8H2,1-3H3/t9-,10?,11+,12+,13-,14+,15?/m1/s1. The average molecular weight is 284 g/mol. The quantitative estimate of drug-likeness (QED) is 0.692. The zero-order valence-electron chi connectivity index (χ0n) is 12.4. The fraction of sp³-hybridized carbons (Fsp3) is 1.00. The molecule has 0 aromatic carbocycles. The fourth-order valence-corrected chi connectivity index (χ4v) is 4.73. The number of ether oxygens (including phenoxy) is 2. The summed E-state index contributed by atoms with van der Waals surface area (Å²) in [6, 6.07) is 0. The molecule has 5 heteroatoms. The number of hydrogen-bond donors (Lipinski definition) is 1. The topological polar surface area (TPSA) is 57.2 Å². The number of aliphatic hydroxyl groups is 1. The Hall–Kier alpha value is -0.200. The molecule has 1 saturated carbocycles. The van der Waals surface area contributed by atoms with Gasteiger partial charge < -0.3 is 14.6 Å². The van der Waals surface area contributed by atoms with Crippen LogP contribution in [-0.4, -0.2) is 28.6 Å². The van der Waals surface area contributed by atoms with Gasteiger partial charge in [0, 0.05) is 18.3 Å². The molecule has 2 unspecified atom stereocenters. The van der Waals surface area contributed by atoms with Gasteiger partial charge in [0.25, 0.3) is 0 Å². The summed E-state index contributed by atoms with van der Waals surface area (Å²) in [6.07, 6.45) is 4.62. The lowest BCUT2D eigenvalue weighted by molar-refractivity contribution is -0.583. The maximum absolute atomic E-state index is 10.6. The van der Waals surface area contributed by atoms with Crippen molar-refractivity contribution in [3.8, 4) is 0 Å². The van der Waals surface area contributed by atoms with Gasteiger partial charge in [0.15, 0.2) is 17.7 Å². The molecule has 0 amide bonds. The molecule has 114 valence electrons. The predicted molar refractivity (Wildman–Crippen MR) is 69.1 cm³/mol. The van der Waals surface area contributed by atoms with E-state index >= 15 is 0 Å². The van der Waals surface area contributed by atoms with Gasteiger partial charge in [-0.1, -0.05) is 13.3 Å². The molecule has 2 bridgehead atoms. The molecule has 4 heterocycles. The molecule has 5 rings (SSSR count). The number of fused-ring (bicyclic) bond motifs is 2. The summed E-state index contributed by atoms with van der Waals surface area (Å²) < 4.78 is 12.0. The van der Waals surface area contributed by atoms with Crippen molar-refractivity contribution < 1.29 is 24.4 Å². The van der Waals surface area contributed by atoms with Crippen LogP contribution in [0.1, 0.15) is 52.9 Å². The molecular formula is C15H24O5. The van der Waals surface area contributed by atoms with Gasteiger partial charge in [-0.15, -0.1) is 0 Å². The van der Waals surface area contributed by atoms with Crippen molar-refractivity contribution in [2.24, 2.45) is 17.8 Å². The van der Waals surface area contributed by atoms with Gasteiger partial charge in [-0.2, -0.15) is 0 Å². The maximum atomic E-state index is 10.6. The Morgan fingerprint density at radius 2 is 1.85 bits per heavy atom. The molecule has 0 aromatic rings. The normalized spacial score (nSPS) is 61.8. The van der Waals surface area contributed by atoms with Crippen molar-refractivity contribution in [3.63, 3.8) is 0 Å². The monoisotopic (exact) mass is 284 g/mol. The van der Waals surface area contributed by atoms with E-state index in [1.54, 1.807) is 6.92 Å². The van der Waals surface area contributed by atoms with E-state index in [0.29, 0.717) is 5.92 Å². The summed E-state index contributed by atoms with van der Waals surface area (Å²) in [6.45, 7) is 5.67. The summed E-state index contributed by atoms with van der Waals surface area (Å²) in [5.41, 5.74) is -0.546. The second-order valence-electron chi connectivity index (χ2n) is 7.34. The SMILES string of the molecule is C[C@@H]1[C@@H]2CCCC3CC[C@@]4(C)OOC32[C@@H](O4)O[C@]1(C)O. The lowest BCUT2D eigenvalue weighted by atomic mass is 9.60. The molecular weight excluding hydrogens is 260 g/mol. The Morgan fingerprint density at radius 3 is 2.65 bits per heavy atom. The van der Waals surface area contributed by atoms with E-state index in [1.165, 1.54) is 6.42 Å². The van der Waals surface area contributed by atoms with Crippen LogP contribution in [0, 0.1) is 17.8 Å². The van der Waals surface area contributed by atoms with Crippen molar-refractivity contribution in [2.45, 2.75) is 76.3 Å². The Bertz CT molecular complexity index is 424. The third kappa shape index (κ3) is 1.56. The molecule has 5 fully saturated rings. The first-order valence-electron chi connectivity index (χ1n) is 7.82. The van der Waals surface area contributed by atoms with Crippen molar-refractivity contribution >= 4 is 0 Å². The molecule has 5 aliphatic rings. The minimum atomic E-state index is -1.17. The first-order chi connectivity index (χ1) is 9.37. The maximum Gasteiger partial charge on any atom is 0.201 e. The van der Waals surface area contributed by atoms with Crippen LogP contribution >= 0.6 is 0 Å². The van der Waals surface area contributed by atoms with E-state index in [2.05, 4.69) is 0 Å². The Morgan fingerprint density at radius 1 is 1.05 bits per heavy atom. The number of hydrogen-bond acceptors (Lipinski definition) is 5. The molecule has 1 aliphatic carbocycles. The van der Waals surface area contributed by atoms with Gasteiger partial charge in [0.1, 0.15) is 0 Å². The molecule has 0 aromatic heterocycles. The van der Waals surface area contributed by atoms with Crippen LogP contribution in [0.25, 0.3) is 0 Å². The van der Waals surface area contributed by atoms with Crippen molar-refractivity contribution in [2.75, 3.05) is 0 Å². The van der Waals surface area contributed by atoms with Gasteiger partial charge in [0.2, 0.25) is 5.79 Å². The molecule has 4 aliphatic heterocycles. The Labute approximate surface area is 119 Å². The predicted octanol–water partition coefficient (Wildman–Crippen LogP) is 2.33. The van der Waals surface area contributed by atoms with Crippen LogP contribution < -0.4 is 0 Å². The third-order valence-electron chi connectivity index (χ3n) is 6.11. The van der Waals surface area contributed by atoms with Gasteiger partial charge in [-0.25, -0.2) is 9.78 Å². The molecule has 7 atom stereocenters. The summed E-state index contributed by atoms with van der Waals surface area (Å²) in [5, 5.41) is 10.6. The van der Waals surface area contributed by atoms with Crippen molar-refractivity contribution in [3.05, 3.63) is 0 Å². The van der Waals surface area contributed by atoms with Crippen LogP contribution in [0.2, 0.25) is 0 Å². The summed E-state index contributed by atoms with van der Waals surface area (Å²) in [5.74, 6) is -1.34. The van der Waals surface area contributed by atoms with Crippen LogP contribution in [0.4, 0.5) is 0 Å². The first-order valence-corrected chi connectivity index (χ1v) is 7.82. The second kappa shape index (κ2) is 3.96. The van der Waals surface area contributed by atoms with Crippen molar-refractivity contribution in [1.29, 1.82) is 0 Å². The first kappa shape index (κ1) is 13.5. The second-order valence-corrected chi connectivity index (χ2v) is 7.34. The van der Waals surface area contributed by atoms with E-state index < -0.39 is 23.5 Å². The summed E-state index contributed by atoms with van der Waals surface area (Å²) >= 11 is 0. The lowest BCUT2D eigenvalue weighted by Crippen LogP contribution is -2.71. The molecule has 1 N–H and O–H groups in total. The van der Waals surface area contributed by atoms with E-state index in [4.69, 9.17) is 19.2 Å². The van der Waals surface area contributed by atoms with Crippen LogP contribution in [0.5, 0.6) is 0 Å². The van der Waals surface area contributed by atoms with Crippen LogP contribution in [-0.2, 0) is 19.2 Å². The van der Waals surface area contributed by atoms with E-state index in [0.717, 1.165) is 25.7 Å². The zero-order valence-corrected chi connectivity index (χ0v) is 12.4. The smallest absolute Gasteiger partial charge is 0.201 e. The van der Waals surface area contributed by atoms with Gasteiger partial charge in [-0.05, 0) is 39.0 Å². The molecule has 4 saturated heterocycles. The summed E-state index contributed by atoms with van der Waals surface area (Å²) in [7, 11) is 0. The lowest BCUT2D eigenvalue weighted by Gasteiger charge is -2.60. The zero-order chi connectivity index (χ0) is 14.2.